The van der Waals surface area contributed by atoms with E-state index in [1.807, 2.05) is 18.2 Å². The van der Waals surface area contributed by atoms with Gasteiger partial charge in [-0.1, -0.05) is 18.2 Å². The number of amides is 1. The first-order valence-electron chi connectivity index (χ1n) is 8.24. The van der Waals surface area contributed by atoms with Crippen molar-refractivity contribution in [2.75, 3.05) is 13.7 Å². The van der Waals surface area contributed by atoms with Crippen LogP contribution in [0.1, 0.15) is 35.4 Å². The Morgan fingerprint density at radius 2 is 2.11 bits per heavy atom. The van der Waals surface area contributed by atoms with E-state index in [4.69, 9.17) is 4.74 Å². The van der Waals surface area contributed by atoms with Crippen molar-refractivity contribution in [3.63, 3.8) is 0 Å². The lowest BCUT2D eigenvalue weighted by molar-refractivity contribution is -0.121. The van der Waals surface area contributed by atoms with Gasteiger partial charge >= 0.3 is 5.97 Å². The van der Waals surface area contributed by atoms with E-state index in [2.05, 4.69) is 20.0 Å². The summed E-state index contributed by atoms with van der Waals surface area (Å²) in [7, 11) is -2.94. The van der Waals surface area contributed by atoms with Gasteiger partial charge in [-0.25, -0.2) is 18.2 Å². The minimum absolute atomic E-state index is 0.109. The maximum atomic E-state index is 12.7. The molecule has 0 bridgehead atoms. The molecular weight excluding hydrogens is 374 g/mol. The average molecular weight is 393 g/mol. The molecule has 27 heavy (non-hydrogen) atoms. The number of esters is 1. The number of H-pyrrole nitrogens is 1. The van der Waals surface area contributed by atoms with Crippen LogP contribution in [0.2, 0.25) is 0 Å². The lowest BCUT2D eigenvalue weighted by Gasteiger charge is -2.27. The molecule has 1 amide bonds. The van der Waals surface area contributed by atoms with Crippen molar-refractivity contribution in [2.45, 2.75) is 29.8 Å². The van der Waals surface area contributed by atoms with Crippen LogP contribution in [0.3, 0.4) is 0 Å². The van der Waals surface area contributed by atoms with Gasteiger partial charge in [0.2, 0.25) is 20.9 Å². The molecule has 10 heteroatoms. The summed E-state index contributed by atoms with van der Waals surface area (Å²) >= 11 is 0. The number of ether oxygens (including phenoxy) is 2. The Morgan fingerprint density at radius 1 is 1.37 bits per heavy atom. The Bertz CT molecular complexity index is 969. The number of carbonyl (C=O) groups excluding carboxylic acids is 2. The van der Waals surface area contributed by atoms with Gasteiger partial charge in [-0.3, -0.25) is 4.79 Å². The molecule has 144 valence electrons. The third-order valence-corrected chi connectivity index (χ3v) is 6.23. The maximum Gasteiger partial charge on any atom is 0.356 e. The van der Waals surface area contributed by atoms with Crippen LogP contribution in [-0.4, -0.2) is 49.2 Å². The normalized spacial score (nSPS) is 17.3. The van der Waals surface area contributed by atoms with Gasteiger partial charge in [0.15, 0.2) is 0 Å². The first kappa shape index (κ1) is 18.9. The van der Waals surface area contributed by atoms with E-state index < -0.39 is 32.1 Å². The second-order valence-corrected chi connectivity index (χ2v) is 8.20. The van der Waals surface area contributed by atoms with Crippen LogP contribution in [0.25, 0.3) is 0 Å². The molecule has 2 aromatic rings. The Balaban J connectivity index is 1.77. The highest BCUT2D eigenvalue weighted by molar-refractivity contribution is 7.92. The van der Waals surface area contributed by atoms with Crippen molar-refractivity contribution in [1.82, 2.24) is 15.3 Å². The van der Waals surface area contributed by atoms with E-state index in [-0.39, 0.29) is 11.7 Å². The number of nitrogens with zero attached hydrogens (tertiary/aromatic N) is 1. The molecule has 1 aromatic heterocycles. The number of hydrogen-bond acceptors (Lipinski definition) is 7. The lowest BCUT2D eigenvalue weighted by Crippen LogP contribution is -2.41. The number of para-hydroxylation sites is 1. The zero-order valence-corrected chi connectivity index (χ0v) is 15.6. The summed E-state index contributed by atoms with van der Waals surface area (Å²) in [6.07, 6.45) is 1.58. The Kier molecular flexibility index (Phi) is 5.17. The lowest BCUT2D eigenvalue weighted by atomic mass is 10.0. The van der Waals surface area contributed by atoms with Gasteiger partial charge in [0, 0.05) is 12.0 Å². The van der Waals surface area contributed by atoms with Crippen LogP contribution in [-0.2, 0) is 19.4 Å². The van der Waals surface area contributed by atoms with Crippen molar-refractivity contribution in [3.8, 4) is 5.75 Å². The number of aromatic amines is 1. The molecule has 0 unspecified atom stereocenters. The molecule has 1 aliphatic rings. The highest BCUT2D eigenvalue weighted by atomic mass is 32.2. The number of fused-ring (bicyclic) bond motifs is 1. The van der Waals surface area contributed by atoms with Gasteiger partial charge in [-0.2, -0.15) is 0 Å². The second kappa shape index (κ2) is 7.39. The van der Waals surface area contributed by atoms with Gasteiger partial charge in [0.25, 0.3) is 0 Å². The van der Waals surface area contributed by atoms with E-state index in [0.717, 1.165) is 11.8 Å². The topological polar surface area (TPSA) is 127 Å². The largest absolute Gasteiger partial charge is 0.493 e. The molecule has 1 aromatic carbocycles. The fourth-order valence-electron chi connectivity index (χ4n) is 2.75. The SMILES string of the molecule is COC(=O)c1cnc(S(=O)(=O)[C@@H](C)C(=O)N[C@H]2CCOc3ccccc32)[nH]1. The number of aromatic nitrogens is 2. The zero-order chi connectivity index (χ0) is 19.6. The molecule has 0 radical (unpaired) electrons. The number of hydrogen-bond donors (Lipinski definition) is 2. The third kappa shape index (κ3) is 3.65. The van der Waals surface area contributed by atoms with Gasteiger partial charge in [0.1, 0.15) is 16.7 Å². The monoisotopic (exact) mass is 393 g/mol. The summed E-state index contributed by atoms with van der Waals surface area (Å²) in [4.78, 5) is 30.1. The highest BCUT2D eigenvalue weighted by Crippen LogP contribution is 2.31. The molecule has 9 nitrogen and oxygen atoms in total. The van der Waals surface area contributed by atoms with E-state index in [9.17, 15) is 18.0 Å². The number of imidazole rings is 1. The molecule has 0 fully saturated rings. The van der Waals surface area contributed by atoms with Gasteiger partial charge < -0.3 is 19.8 Å². The van der Waals surface area contributed by atoms with Crippen LogP contribution < -0.4 is 10.1 Å². The van der Waals surface area contributed by atoms with Crippen molar-refractivity contribution >= 4 is 21.7 Å². The number of methoxy groups -OCH3 is 1. The predicted octanol–water partition coefficient (Wildman–Crippen LogP) is 0.998. The van der Waals surface area contributed by atoms with Gasteiger partial charge in [-0.15, -0.1) is 0 Å². The molecule has 2 N–H and O–H groups in total. The highest BCUT2D eigenvalue weighted by Gasteiger charge is 2.35. The van der Waals surface area contributed by atoms with Crippen LogP contribution in [0.4, 0.5) is 0 Å². The summed E-state index contributed by atoms with van der Waals surface area (Å²) in [6, 6.07) is 6.93. The minimum atomic E-state index is -4.10. The fourth-order valence-corrected chi connectivity index (χ4v) is 3.89. The molecule has 3 rings (SSSR count). The Morgan fingerprint density at radius 3 is 2.85 bits per heavy atom. The number of nitrogens with one attached hydrogen (secondary N) is 2. The Hall–Kier alpha value is -2.88. The number of benzene rings is 1. The van der Waals surface area contributed by atoms with Crippen molar-refractivity contribution in [2.24, 2.45) is 0 Å². The van der Waals surface area contributed by atoms with Crippen LogP contribution >= 0.6 is 0 Å². The zero-order valence-electron chi connectivity index (χ0n) is 14.8. The quantitative estimate of drug-likeness (QED) is 0.725. The third-order valence-electron chi connectivity index (χ3n) is 4.34. The predicted molar refractivity (Wildman–Crippen MR) is 94.0 cm³/mol. The average Bonchev–Trinajstić information content (AvgIpc) is 3.18. The molecule has 0 spiro atoms. The summed E-state index contributed by atoms with van der Waals surface area (Å²) in [5.74, 6) is -0.745. The first-order valence-corrected chi connectivity index (χ1v) is 9.78. The van der Waals surface area contributed by atoms with Gasteiger partial charge in [0.05, 0.1) is 26.0 Å². The minimum Gasteiger partial charge on any atom is -0.493 e. The van der Waals surface area contributed by atoms with E-state index in [1.54, 1.807) is 6.07 Å². The number of sulfone groups is 1. The van der Waals surface area contributed by atoms with Crippen LogP contribution in [0, 0.1) is 0 Å². The summed E-state index contributed by atoms with van der Waals surface area (Å²) in [5, 5.41) is 0.901. The molecule has 0 aliphatic carbocycles. The van der Waals surface area contributed by atoms with E-state index in [1.165, 1.54) is 14.0 Å². The maximum absolute atomic E-state index is 12.7. The summed E-state index contributed by atoms with van der Waals surface area (Å²) < 4.78 is 35.4. The molecule has 0 saturated heterocycles. The fraction of sp³-hybridized carbons (Fsp3) is 0.353. The molecular formula is C17H19N3O6S. The van der Waals surface area contributed by atoms with E-state index >= 15 is 0 Å². The molecule has 1 aliphatic heterocycles. The summed E-state index contributed by atoms with van der Waals surface area (Å²) in [5.41, 5.74) is 0.690. The van der Waals surface area contributed by atoms with Crippen molar-refractivity contribution < 1.29 is 27.5 Å². The van der Waals surface area contributed by atoms with Gasteiger partial charge in [-0.05, 0) is 13.0 Å². The van der Waals surface area contributed by atoms with Crippen molar-refractivity contribution in [1.29, 1.82) is 0 Å². The second-order valence-electron chi connectivity index (χ2n) is 6.02. The molecule has 2 heterocycles. The Labute approximate surface area is 156 Å². The number of rotatable bonds is 5. The summed E-state index contributed by atoms with van der Waals surface area (Å²) in [6.45, 7) is 1.69. The van der Waals surface area contributed by atoms with Crippen LogP contribution in [0.15, 0.2) is 35.6 Å². The smallest absolute Gasteiger partial charge is 0.356 e. The standard InChI is InChI=1S/C17H19N3O6S/c1-10(27(23,24)17-18-9-13(20-17)16(22)25-2)15(21)19-12-7-8-26-14-6-4-3-5-11(12)14/h3-6,9-10,12H,7-8H2,1-2H3,(H,18,20)(H,19,21)/t10-,12-/m0/s1. The van der Waals surface area contributed by atoms with Crippen molar-refractivity contribution in [3.05, 3.63) is 41.7 Å². The molecule has 2 atom stereocenters. The van der Waals surface area contributed by atoms with E-state index in [0.29, 0.717) is 18.8 Å². The first-order chi connectivity index (χ1) is 12.8. The molecule has 0 saturated carbocycles. The number of carbonyl (C=O) groups is 2. The van der Waals surface area contributed by atoms with Crippen LogP contribution in [0.5, 0.6) is 5.75 Å².